The minimum atomic E-state index is -3.95. The molecule has 0 amide bonds. The summed E-state index contributed by atoms with van der Waals surface area (Å²) in [4.78, 5) is 11.6. The van der Waals surface area contributed by atoms with E-state index in [0.29, 0.717) is 18.1 Å². The summed E-state index contributed by atoms with van der Waals surface area (Å²) in [6.07, 6.45) is 0. The molecule has 0 radical (unpaired) electrons. The fraction of sp³-hybridized carbons (Fsp3) is 0.250. The van der Waals surface area contributed by atoms with Crippen LogP contribution in [0.5, 0.6) is 0 Å². The minimum Gasteiger partial charge on any atom is -0.368 e. The van der Waals surface area contributed by atoms with Crippen molar-refractivity contribution in [3.63, 3.8) is 0 Å². The lowest BCUT2D eigenvalue weighted by Gasteiger charge is -2.35. The highest BCUT2D eigenvalue weighted by Gasteiger charge is 2.31. The van der Waals surface area contributed by atoms with E-state index in [4.69, 9.17) is 11.6 Å². The highest BCUT2D eigenvalue weighted by Crippen LogP contribution is 2.28. The molecule has 2 aromatic rings. The monoisotopic (exact) mass is 399 g/mol. The number of nitro benzene ring substituents is 1. The molecule has 1 aliphatic heterocycles. The summed E-state index contributed by atoms with van der Waals surface area (Å²) in [7, 11) is -3.95. The van der Waals surface area contributed by atoms with Crippen LogP contribution in [0.4, 0.5) is 15.8 Å². The number of piperazine rings is 1. The van der Waals surface area contributed by atoms with Gasteiger partial charge in [0.15, 0.2) is 0 Å². The third kappa shape index (κ3) is 3.50. The third-order valence-electron chi connectivity index (χ3n) is 4.18. The van der Waals surface area contributed by atoms with E-state index >= 15 is 0 Å². The van der Waals surface area contributed by atoms with E-state index in [1.165, 1.54) is 4.31 Å². The highest BCUT2D eigenvalue weighted by molar-refractivity contribution is 7.89. The summed E-state index contributed by atoms with van der Waals surface area (Å²) in [5.74, 6) is -1.07. The molecule has 0 saturated carbocycles. The van der Waals surface area contributed by atoms with Crippen molar-refractivity contribution in [2.45, 2.75) is 4.90 Å². The van der Waals surface area contributed by atoms with Gasteiger partial charge in [-0.3, -0.25) is 10.1 Å². The minimum absolute atomic E-state index is 0.193. The Hall–Kier alpha value is -2.23. The maximum atomic E-state index is 13.5. The number of sulfonamides is 1. The molecule has 0 aliphatic carbocycles. The van der Waals surface area contributed by atoms with E-state index in [9.17, 15) is 22.9 Å². The molecule has 1 heterocycles. The maximum Gasteiger partial charge on any atom is 0.306 e. The van der Waals surface area contributed by atoms with Crippen molar-refractivity contribution in [1.82, 2.24) is 4.31 Å². The van der Waals surface area contributed by atoms with E-state index in [2.05, 4.69) is 0 Å². The number of hydrogen-bond donors (Lipinski definition) is 0. The summed E-state index contributed by atoms with van der Waals surface area (Å²) >= 11 is 6.17. The fourth-order valence-electron chi connectivity index (χ4n) is 2.82. The van der Waals surface area contributed by atoms with Crippen LogP contribution in [0.1, 0.15) is 0 Å². The van der Waals surface area contributed by atoms with E-state index in [1.807, 2.05) is 23.1 Å². The van der Waals surface area contributed by atoms with Gasteiger partial charge in [0.25, 0.3) is 0 Å². The molecule has 10 heteroatoms. The van der Waals surface area contributed by atoms with Crippen molar-refractivity contribution in [3.8, 4) is 0 Å². The quantitative estimate of drug-likeness (QED) is 0.583. The molecule has 0 unspecified atom stereocenters. The summed E-state index contributed by atoms with van der Waals surface area (Å²) in [6.45, 7) is 1.23. The van der Waals surface area contributed by atoms with Crippen molar-refractivity contribution in [2.24, 2.45) is 0 Å². The van der Waals surface area contributed by atoms with Crippen LogP contribution in [-0.2, 0) is 10.0 Å². The lowest BCUT2D eigenvalue weighted by atomic mass is 10.2. The Labute approximate surface area is 154 Å². The molecule has 1 saturated heterocycles. The Morgan fingerprint density at radius 2 is 1.73 bits per heavy atom. The van der Waals surface area contributed by atoms with Crippen LogP contribution >= 0.6 is 11.6 Å². The summed E-state index contributed by atoms with van der Waals surface area (Å²) in [5.41, 5.74) is -0.0376. The molecule has 3 rings (SSSR count). The van der Waals surface area contributed by atoms with E-state index in [0.717, 1.165) is 23.9 Å². The second-order valence-corrected chi connectivity index (χ2v) is 8.06. The van der Waals surface area contributed by atoms with Gasteiger partial charge in [0.1, 0.15) is 0 Å². The molecule has 0 atom stereocenters. The van der Waals surface area contributed by atoms with Crippen LogP contribution in [0.25, 0.3) is 0 Å². The lowest BCUT2D eigenvalue weighted by Crippen LogP contribution is -2.48. The zero-order valence-electron chi connectivity index (χ0n) is 13.5. The number of nitrogens with zero attached hydrogens (tertiary/aromatic N) is 3. The maximum absolute atomic E-state index is 13.5. The number of hydrogen-bond acceptors (Lipinski definition) is 5. The average molecular weight is 400 g/mol. The number of benzene rings is 2. The number of halogens is 2. The summed E-state index contributed by atoms with van der Waals surface area (Å²) in [5, 5.41) is 11.4. The van der Waals surface area contributed by atoms with Crippen LogP contribution in [0, 0.1) is 15.9 Å². The summed E-state index contributed by atoms with van der Waals surface area (Å²) < 4.78 is 40.1. The van der Waals surface area contributed by atoms with Crippen molar-refractivity contribution < 1.29 is 17.7 Å². The van der Waals surface area contributed by atoms with Gasteiger partial charge in [-0.2, -0.15) is 8.70 Å². The van der Waals surface area contributed by atoms with Crippen LogP contribution < -0.4 is 4.90 Å². The molecule has 0 aromatic heterocycles. The predicted molar refractivity (Wildman–Crippen MR) is 95.5 cm³/mol. The molecule has 1 fully saturated rings. The molecule has 1 aliphatic rings. The SMILES string of the molecule is O=[N+]([O-])c1cc(S(=O)(=O)N2CCN(c3ccccc3Cl)CC2)ccc1F. The third-order valence-corrected chi connectivity index (χ3v) is 6.40. The number of anilines is 1. The Morgan fingerprint density at radius 3 is 2.35 bits per heavy atom. The predicted octanol–water partition coefficient (Wildman–Crippen LogP) is 2.90. The zero-order valence-corrected chi connectivity index (χ0v) is 15.1. The van der Waals surface area contributed by atoms with Crippen LogP contribution in [0.3, 0.4) is 0 Å². The molecule has 26 heavy (non-hydrogen) atoms. The molecule has 7 nitrogen and oxygen atoms in total. The number of rotatable bonds is 4. The van der Waals surface area contributed by atoms with Gasteiger partial charge in [-0.25, -0.2) is 8.42 Å². The first-order valence-electron chi connectivity index (χ1n) is 7.74. The molecular weight excluding hydrogens is 385 g/mol. The van der Waals surface area contributed by atoms with E-state index in [1.54, 1.807) is 6.07 Å². The Bertz CT molecular complexity index is 946. The van der Waals surface area contributed by atoms with E-state index < -0.39 is 26.5 Å². The normalized spacial score (nSPS) is 15.8. The van der Waals surface area contributed by atoms with Crippen LogP contribution in [-0.4, -0.2) is 43.8 Å². The first-order valence-corrected chi connectivity index (χ1v) is 9.56. The number of nitro groups is 1. The van der Waals surface area contributed by atoms with Gasteiger partial charge >= 0.3 is 5.69 Å². The molecule has 0 spiro atoms. The molecule has 2 aromatic carbocycles. The Morgan fingerprint density at radius 1 is 1.08 bits per heavy atom. The molecular formula is C16H15ClFN3O4S. The second kappa shape index (κ2) is 7.18. The molecule has 0 bridgehead atoms. The van der Waals surface area contributed by atoms with Crippen molar-refractivity contribution >= 4 is 33.0 Å². The Balaban J connectivity index is 1.79. The van der Waals surface area contributed by atoms with Crippen molar-refractivity contribution in [1.29, 1.82) is 0 Å². The van der Waals surface area contributed by atoms with Crippen molar-refractivity contribution in [2.75, 3.05) is 31.1 Å². The van der Waals surface area contributed by atoms with Crippen LogP contribution in [0.2, 0.25) is 5.02 Å². The lowest BCUT2D eigenvalue weighted by molar-refractivity contribution is -0.387. The second-order valence-electron chi connectivity index (χ2n) is 5.71. The van der Waals surface area contributed by atoms with Crippen LogP contribution in [0.15, 0.2) is 47.4 Å². The first-order chi connectivity index (χ1) is 12.3. The first kappa shape index (κ1) is 18.6. The van der Waals surface area contributed by atoms with Gasteiger partial charge in [-0.1, -0.05) is 23.7 Å². The Kier molecular flexibility index (Phi) is 5.12. The summed E-state index contributed by atoms with van der Waals surface area (Å²) in [6, 6.07) is 9.87. The standard InChI is InChI=1S/C16H15ClFN3O4S/c17-13-3-1-2-4-15(13)19-7-9-20(10-8-19)26(24,25)12-5-6-14(18)16(11-12)21(22)23/h1-6,11H,7-10H2. The fourth-order valence-corrected chi connectivity index (χ4v) is 4.52. The van der Waals surface area contributed by atoms with Gasteiger partial charge in [-0.05, 0) is 24.3 Å². The number of para-hydroxylation sites is 1. The van der Waals surface area contributed by atoms with Crippen molar-refractivity contribution in [3.05, 3.63) is 63.4 Å². The topological polar surface area (TPSA) is 83.8 Å². The van der Waals surface area contributed by atoms with Gasteiger partial charge < -0.3 is 4.90 Å². The zero-order chi connectivity index (χ0) is 18.9. The molecule has 0 N–H and O–H groups in total. The van der Waals surface area contributed by atoms with Gasteiger partial charge in [0.2, 0.25) is 15.8 Å². The van der Waals surface area contributed by atoms with Gasteiger partial charge in [0.05, 0.1) is 20.5 Å². The highest BCUT2D eigenvalue weighted by atomic mass is 35.5. The smallest absolute Gasteiger partial charge is 0.306 e. The van der Waals surface area contributed by atoms with Gasteiger partial charge in [0, 0.05) is 32.2 Å². The molecule has 138 valence electrons. The average Bonchev–Trinajstić information content (AvgIpc) is 2.62. The van der Waals surface area contributed by atoms with E-state index in [-0.39, 0.29) is 18.0 Å². The van der Waals surface area contributed by atoms with Gasteiger partial charge in [-0.15, -0.1) is 0 Å². The largest absolute Gasteiger partial charge is 0.368 e.